The van der Waals surface area contributed by atoms with Gasteiger partial charge in [-0.15, -0.1) is 0 Å². The number of rotatable bonds is 23. The molecule has 0 aromatic carbocycles. The lowest BCUT2D eigenvalue weighted by molar-refractivity contribution is -0.139. The van der Waals surface area contributed by atoms with E-state index < -0.39 is 12.0 Å². The summed E-state index contributed by atoms with van der Waals surface area (Å²) in [5, 5.41) is 15.2. The number of aliphatic carboxylic acids is 1. The number of carbonyl (C=O) groups excluding carboxylic acids is 1. The first-order valence-corrected chi connectivity index (χ1v) is 12.5. The van der Waals surface area contributed by atoms with Crippen molar-refractivity contribution in [3.8, 4) is 0 Å². The quantitative estimate of drug-likeness (QED) is 0.139. The lowest BCUT2D eigenvalue weighted by Gasteiger charge is -2.14. The highest BCUT2D eigenvalue weighted by atomic mass is 16.4. The van der Waals surface area contributed by atoms with Crippen molar-refractivity contribution < 1.29 is 14.7 Å². The van der Waals surface area contributed by atoms with Crippen LogP contribution in [0.4, 0.5) is 0 Å². The minimum atomic E-state index is -0.782. The summed E-state index contributed by atoms with van der Waals surface area (Å²) in [5.74, 6) is -0.962. The Morgan fingerprint density at radius 1 is 0.767 bits per heavy atom. The van der Waals surface area contributed by atoms with Gasteiger partial charge in [-0.3, -0.25) is 9.59 Å². The van der Waals surface area contributed by atoms with Gasteiger partial charge in [-0.2, -0.15) is 0 Å². The van der Waals surface area contributed by atoms with Crippen LogP contribution in [-0.4, -0.2) is 36.1 Å². The highest BCUT2D eigenvalue weighted by molar-refractivity contribution is 5.86. The van der Waals surface area contributed by atoms with E-state index in [0.29, 0.717) is 13.0 Å². The van der Waals surface area contributed by atoms with Gasteiger partial charge in [-0.1, -0.05) is 97.0 Å². The third kappa shape index (κ3) is 19.9. The van der Waals surface area contributed by atoms with Crippen LogP contribution in [0.3, 0.4) is 0 Å². The summed E-state index contributed by atoms with van der Waals surface area (Å²) >= 11 is 0. The van der Waals surface area contributed by atoms with E-state index in [9.17, 15) is 14.7 Å². The van der Waals surface area contributed by atoms with E-state index in [4.69, 9.17) is 0 Å². The molecule has 0 bridgehead atoms. The number of carboxylic acid groups (broad SMARTS) is 1. The molecule has 0 aromatic heterocycles. The molecule has 5 nitrogen and oxygen atoms in total. The summed E-state index contributed by atoms with van der Waals surface area (Å²) < 4.78 is 0. The Hall–Kier alpha value is -1.36. The molecule has 5 heteroatoms. The average molecular weight is 425 g/mol. The highest BCUT2D eigenvalue weighted by Gasteiger charge is 2.15. The van der Waals surface area contributed by atoms with E-state index in [1.807, 2.05) is 0 Å². The molecule has 1 unspecified atom stereocenters. The molecule has 0 saturated heterocycles. The predicted octanol–water partition coefficient (Wildman–Crippen LogP) is 5.98. The zero-order chi connectivity index (χ0) is 22.3. The normalized spacial score (nSPS) is 11.9. The van der Waals surface area contributed by atoms with Crippen molar-refractivity contribution in [3.63, 3.8) is 0 Å². The van der Waals surface area contributed by atoms with Gasteiger partial charge >= 0.3 is 5.97 Å². The van der Waals surface area contributed by atoms with Gasteiger partial charge < -0.3 is 15.7 Å². The standard InChI is InChI=1S/C25H48N2O3/c1-3-5-6-7-8-9-10-11-12-13-14-15-16-18-21-26-23(25(29)30)20-17-19-22-27-24(28)4-2/h4,23,26H,2-3,5-22H2,1H3,(H,27,28)(H,29,30). The summed E-state index contributed by atoms with van der Waals surface area (Å²) in [6, 6.07) is -0.484. The van der Waals surface area contributed by atoms with Crippen molar-refractivity contribution in [2.24, 2.45) is 0 Å². The van der Waals surface area contributed by atoms with E-state index >= 15 is 0 Å². The predicted molar refractivity (Wildman–Crippen MR) is 127 cm³/mol. The topological polar surface area (TPSA) is 78.4 Å². The fourth-order valence-electron chi connectivity index (χ4n) is 3.67. The summed E-state index contributed by atoms with van der Waals surface area (Å²) in [4.78, 5) is 22.4. The van der Waals surface area contributed by atoms with Gasteiger partial charge in [0, 0.05) is 6.54 Å². The van der Waals surface area contributed by atoms with Gasteiger partial charge in [0.25, 0.3) is 0 Å². The van der Waals surface area contributed by atoms with Crippen molar-refractivity contribution in [2.75, 3.05) is 13.1 Å². The number of hydrogen-bond donors (Lipinski definition) is 3. The van der Waals surface area contributed by atoms with Crippen LogP contribution in [0.15, 0.2) is 12.7 Å². The summed E-state index contributed by atoms with van der Waals surface area (Å²) in [7, 11) is 0. The average Bonchev–Trinajstić information content (AvgIpc) is 2.74. The van der Waals surface area contributed by atoms with Crippen molar-refractivity contribution >= 4 is 11.9 Å². The van der Waals surface area contributed by atoms with E-state index in [0.717, 1.165) is 25.8 Å². The van der Waals surface area contributed by atoms with Gasteiger partial charge in [0.05, 0.1) is 0 Å². The smallest absolute Gasteiger partial charge is 0.320 e. The number of carboxylic acids is 1. The second-order valence-electron chi connectivity index (χ2n) is 8.43. The Kier molecular flexibility index (Phi) is 21.3. The number of unbranched alkanes of at least 4 members (excludes halogenated alkanes) is 14. The molecule has 0 rings (SSSR count). The van der Waals surface area contributed by atoms with Crippen LogP contribution < -0.4 is 10.6 Å². The van der Waals surface area contributed by atoms with Gasteiger partial charge in [-0.05, 0) is 38.3 Å². The zero-order valence-electron chi connectivity index (χ0n) is 19.6. The molecular formula is C25H48N2O3. The first-order valence-electron chi connectivity index (χ1n) is 12.5. The third-order valence-corrected chi connectivity index (χ3v) is 5.62. The molecule has 1 atom stereocenters. The molecule has 176 valence electrons. The maximum absolute atomic E-state index is 11.4. The van der Waals surface area contributed by atoms with Gasteiger partial charge in [0.1, 0.15) is 6.04 Å². The fourth-order valence-corrected chi connectivity index (χ4v) is 3.67. The molecule has 0 aromatic rings. The van der Waals surface area contributed by atoms with Crippen LogP contribution in [0.25, 0.3) is 0 Å². The first kappa shape index (κ1) is 28.6. The van der Waals surface area contributed by atoms with Crippen LogP contribution in [0.1, 0.15) is 116 Å². The monoisotopic (exact) mass is 424 g/mol. The SMILES string of the molecule is C=CC(=O)NCCCCC(NCCCCCCCCCCCCCCCC)C(=O)O. The highest BCUT2D eigenvalue weighted by Crippen LogP contribution is 2.13. The van der Waals surface area contributed by atoms with Crippen molar-refractivity contribution in [3.05, 3.63) is 12.7 Å². The van der Waals surface area contributed by atoms with E-state index in [1.165, 1.54) is 89.5 Å². The fraction of sp³-hybridized carbons (Fsp3) is 0.840. The number of hydrogen-bond acceptors (Lipinski definition) is 3. The minimum absolute atomic E-state index is 0.180. The van der Waals surface area contributed by atoms with Crippen molar-refractivity contribution in [1.82, 2.24) is 10.6 Å². The number of carbonyl (C=O) groups is 2. The third-order valence-electron chi connectivity index (χ3n) is 5.62. The molecule has 0 aliphatic rings. The second kappa shape index (κ2) is 22.3. The van der Waals surface area contributed by atoms with E-state index in [1.54, 1.807) is 0 Å². The van der Waals surface area contributed by atoms with E-state index in [-0.39, 0.29) is 5.91 Å². The van der Waals surface area contributed by atoms with Crippen LogP contribution in [-0.2, 0) is 9.59 Å². The zero-order valence-corrected chi connectivity index (χ0v) is 19.6. The lowest BCUT2D eigenvalue weighted by atomic mass is 10.0. The maximum Gasteiger partial charge on any atom is 0.320 e. The molecule has 1 amide bonds. The molecule has 0 aliphatic carbocycles. The Labute approximate surface area is 185 Å². The molecule has 0 radical (unpaired) electrons. The number of nitrogens with one attached hydrogen (secondary N) is 2. The Balaban J connectivity index is 3.43. The second-order valence-corrected chi connectivity index (χ2v) is 8.43. The van der Waals surface area contributed by atoms with Crippen LogP contribution in [0.5, 0.6) is 0 Å². The van der Waals surface area contributed by atoms with E-state index in [2.05, 4.69) is 24.1 Å². The molecule has 0 fully saturated rings. The molecule has 0 spiro atoms. The molecular weight excluding hydrogens is 376 g/mol. The molecule has 0 heterocycles. The molecule has 0 saturated carbocycles. The largest absolute Gasteiger partial charge is 0.480 e. The van der Waals surface area contributed by atoms with Gasteiger partial charge in [-0.25, -0.2) is 0 Å². The molecule has 30 heavy (non-hydrogen) atoms. The van der Waals surface area contributed by atoms with Crippen LogP contribution in [0, 0.1) is 0 Å². The Bertz CT molecular complexity index is 427. The Morgan fingerprint density at radius 2 is 1.23 bits per heavy atom. The van der Waals surface area contributed by atoms with Gasteiger partial charge in [0.2, 0.25) is 5.91 Å². The van der Waals surface area contributed by atoms with Crippen LogP contribution in [0.2, 0.25) is 0 Å². The molecule has 3 N–H and O–H groups in total. The van der Waals surface area contributed by atoms with Gasteiger partial charge in [0.15, 0.2) is 0 Å². The minimum Gasteiger partial charge on any atom is -0.480 e. The summed E-state index contributed by atoms with van der Waals surface area (Å²) in [6.07, 6.45) is 22.0. The first-order chi connectivity index (χ1) is 14.6. The number of amides is 1. The summed E-state index contributed by atoms with van der Waals surface area (Å²) in [5.41, 5.74) is 0. The van der Waals surface area contributed by atoms with Crippen molar-refractivity contribution in [1.29, 1.82) is 0 Å². The maximum atomic E-state index is 11.4. The Morgan fingerprint density at radius 3 is 1.70 bits per heavy atom. The lowest BCUT2D eigenvalue weighted by Crippen LogP contribution is -2.37. The summed E-state index contributed by atoms with van der Waals surface area (Å²) in [6.45, 7) is 7.00. The van der Waals surface area contributed by atoms with Crippen molar-refractivity contribution in [2.45, 2.75) is 122 Å². The molecule has 0 aliphatic heterocycles. The van der Waals surface area contributed by atoms with Crippen LogP contribution >= 0.6 is 0 Å².